The molecule has 0 N–H and O–H groups in total. The molecule has 0 aliphatic carbocycles. The topological polar surface area (TPSA) is 63.2 Å². The van der Waals surface area contributed by atoms with E-state index < -0.39 is 15.8 Å². The maximum absolute atomic E-state index is 13.1. The van der Waals surface area contributed by atoms with Crippen LogP contribution in [0.15, 0.2) is 29.4 Å². The summed E-state index contributed by atoms with van der Waals surface area (Å²) in [5.74, 6) is -0.578. The third-order valence-electron chi connectivity index (χ3n) is 3.27. The maximum Gasteiger partial charge on any atom is 0.244 e. The zero-order valence-corrected chi connectivity index (χ0v) is 12.3. The van der Waals surface area contributed by atoms with Crippen molar-refractivity contribution in [3.8, 4) is 0 Å². The van der Waals surface area contributed by atoms with Crippen molar-refractivity contribution in [1.82, 2.24) is 14.3 Å². The molecule has 1 aliphatic rings. The van der Waals surface area contributed by atoms with E-state index in [9.17, 15) is 12.8 Å². The lowest BCUT2D eigenvalue weighted by atomic mass is 10.1. The molecule has 0 spiro atoms. The highest BCUT2D eigenvalue weighted by Crippen LogP contribution is 2.28. The number of halogens is 2. The third kappa shape index (κ3) is 2.64. The van der Waals surface area contributed by atoms with Gasteiger partial charge in [-0.3, -0.25) is 0 Å². The second kappa shape index (κ2) is 5.32. The van der Waals surface area contributed by atoms with Crippen LogP contribution in [0.1, 0.15) is 11.3 Å². The van der Waals surface area contributed by atoms with E-state index in [2.05, 4.69) is 16.2 Å². The molecule has 0 saturated carbocycles. The SMILES string of the molecule is O=S(=O)(c1ccc(F)cc1Cl)N1CCc2[c]ncnc2C1. The van der Waals surface area contributed by atoms with Gasteiger partial charge in [0.2, 0.25) is 10.0 Å². The van der Waals surface area contributed by atoms with Crippen molar-refractivity contribution in [1.29, 1.82) is 0 Å². The Kier molecular flexibility index (Phi) is 3.64. The fourth-order valence-electron chi connectivity index (χ4n) is 2.20. The van der Waals surface area contributed by atoms with Crippen LogP contribution in [0.5, 0.6) is 0 Å². The first-order chi connectivity index (χ1) is 9.98. The van der Waals surface area contributed by atoms with Gasteiger partial charge in [0.1, 0.15) is 17.0 Å². The van der Waals surface area contributed by atoms with E-state index in [0.717, 1.165) is 17.7 Å². The largest absolute Gasteiger partial charge is 0.244 e. The summed E-state index contributed by atoms with van der Waals surface area (Å²) in [7, 11) is -3.79. The summed E-state index contributed by atoms with van der Waals surface area (Å²) in [6.07, 6.45) is 4.62. The van der Waals surface area contributed by atoms with Gasteiger partial charge in [-0.25, -0.2) is 22.8 Å². The molecular formula is C13H10ClFN3O2S. The molecule has 2 heterocycles. The fraction of sp³-hybridized carbons (Fsp3) is 0.231. The van der Waals surface area contributed by atoms with Crippen LogP contribution in [-0.2, 0) is 23.0 Å². The summed E-state index contributed by atoms with van der Waals surface area (Å²) in [6, 6.07) is 3.24. The predicted octanol–water partition coefficient (Wildman–Crippen LogP) is 1.82. The van der Waals surface area contributed by atoms with Crippen molar-refractivity contribution < 1.29 is 12.8 Å². The van der Waals surface area contributed by atoms with Gasteiger partial charge in [-0.05, 0) is 24.6 Å². The van der Waals surface area contributed by atoms with Crippen molar-refractivity contribution in [2.45, 2.75) is 17.9 Å². The average molecular weight is 327 g/mol. The number of sulfonamides is 1. The Morgan fingerprint density at radius 3 is 2.95 bits per heavy atom. The zero-order chi connectivity index (χ0) is 15.0. The summed E-state index contributed by atoms with van der Waals surface area (Å²) in [5, 5.41) is -0.130. The number of nitrogens with zero attached hydrogens (tertiary/aromatic N) is 3. The lowest BCUT2D eigenvalue weighted by Crippen LogP contribution is -2.36. The molecule has 0 saturated heterocycles. The second-order valence-electron chi connectivity index (χ2n) is 4.57. The standard InChI is InChI=1S/C13H10ClFN3O2S/c14-11-5-10(15)1-2-13(11)21(19,20)18-4-3-9-6-16-8-17-12(9)7-18/h1-2,5,8H,3-4,7H2. The average Bonchev–Trinajstić information content (AvgIpc) is 2.46. The quantitative estimate of drug-likeness (QED) is 0.844. The first kappa shape index (κ1) is 14.4. The van der Waals surface area contributed by atoms with E-state index in [1.54, 1.807) is 0 Å². The van der Waals surface area contributed by atoms with Crippen molar-refractivity contribution in [2.75, 3.05) is 6.54 Å². The predicted molar refractivity (Wildman–Crippen MR) is 73.6 cm³/mol. The van der Waals surface area contributed by atoms with Crippen LogP contribution in [0.2, 0.25) is 5.02 Å². The Hall–Kier alpha value is -1.57. The molecular weight excluding hydrogens is 317 g/mol. The van der Waals surface area contributed by atoms with Gasteiger partial charge in [-0.2, -0.15) is 4.31 Å². The number of hydrogen-bond donors (Lipinski definition) is 0. The van der Waals surface area contributed by atoms with E-state index in [4.69, 9.17) is 11.6 Å². The molecule has 1 radical (unpaired) electrons. The molecule has 109 valence electrons. The van der Waals surface area contributed by atoms with E-state index >= 15 is 0 Å². The van der Waals surface area contributed by atoms with Crippen LogP contribution >= 0.6 is 11.6 Å². The van der Waals surface area contributed by atoms with Gasteiger partial charge in [0, 0.05) is 12.1 Å². The Balaban J connectivity index is 1.97. The summed E-state index contributed by atoms with van der Waals surface area (Å²) in [6.45, 7) is 0.414. The highest BCUT2D eigenvalue weighted by atomic mass is 35.5. The summed E-state index contributed by atoms with van der Waals surface area (Å²) >= 11 is 5.86. The Morgan fingerprint density at radius 1 is 1.38 bits per heavy atom. The van der Waals surface area contributed by atoms with Crippen LogP contribution in [0.3, 0.4) is 0 Å². The minimum atomic E-state index is -3.79. The monoisotopic (exact) mass is 326 g/mol. The molecule has 2 aromatic rings. The molecule has 1 aliphatic heterocycles. The van der Waals surface area contributed by atoms with E-state index in [0.29, 0.717) is 12.1 Å². The minimum Gasteiger partial charge on any atom is -0.240 e. The van der Waals surface area contributed by atoms with Crippen LogP contribution in [0.25, 0.3) is 0 Å². The van der Waals surface area contributed by atoms with Gasteiger partial charge in [-0.15, -0.1) is 0 Å². The van der Waals surface area contributed by atoms with Gasteiger partial charge in [-0.1, -0.05) is 11.6 Å². The highest BCUT2D eigenvalue weighted by molar-refractivity contribution is 7.89. The van der Waals surface area contributed by atoms with Crippen LogP contribution in [0.4, 0.5) is 4.39 Å². The van der Waals surface area contributed by atoms with E-state index in [1.807, 2.05) is 0 Å². The number of benzene rings is 1. The maximum atomic E-state index is 13.1. The smallest absolute Gasteiger partial charge is 0.240 e. The van der Waals surface area contributed by atoms with Crippen molar-refractivity contribution in [3.05, 3.63) is 52.8 Å². The summed E-state index contributed by atoms with van der Waals surface area (Å²) < 4.78 is 39.5. The van der Waals surface area contributed by atoms with E-state index in [-0.39, 0.29) is 23.0 Å². The molecule has 0 fully saturated rings. The number of rotatable bonds is 2. The van der Waals surface area contributed by atoms with Gasteiger partial charge in [0.15, 0.2) is 0 Å². The van der Waals surface area contributed by atoms with E-state index in [1.165, 1.54) is 16.7 Å². The molecule has 5 nitrogen and oxygen atoms in total. The molecule has 8 heteroatoms. The molecule has 0 amide bonds. The van der Waals surface area contributed by atoms with Crippen molar-refractivity contribution in [3.63, 3.8) is 0 Å². The number of fused-ring (bicyclic) bond motifs is 1. The molecule has 0 bridgehead atoms. The normalized spacial score (nSPS) is 15.7. The summed E-state index contributed by atoms with van der Waals surface area (Å²) in [5.41, 5.74) is 1.44. The van der Waals surface area contributed by atoms with Gasteiger partial charge in [0.05, 0.1) is 23.5 Å². The lowest BCUT2D eigenvalue weighted by molar-refractivity contribution is 0.384. The van der Waals surface area contributed by atoms with Gasteiger partial charge in [0.25, 0.3) is 0 Å². The van der Waals surface area contributed by atoms with Crippen LogP contribution < -0.4 is 0 Å². The van der Waals surface area contributed by atoms with Crippen molar-refractivity contribution >= 4 is 21.6 Å². The van der Waals surface area contributed by atoms with Crippen LogP contribution in [0, 0.1) is 12.0 Å². The second-order valence-corrected chi connectivity index (χ2v) is 6.89. The number of hydrogen-bond acceptors (Lipinski definition) is 4. The third-order valence-corrected chi connectivity index (χ3v) is 5.60. The molecule has 1 aromatic carbocycles. The highest BCUT2D eigenvalue weighted by Gasteiger charge is 2.30. The minimum absolute atomic E-state index is 0.105. The molecule has 0 unspecified atom stereocenters. The fourth-order valence-corrected chi connectivity index (χ4v) is 4.10. The first-order valence-electron chi connectivity index (χ1n) is 6.14. The Morgan fingerprint density at radius 2 is 2.19 bits per heavy atom. The Bertz CT molecular complexity index is 798. The molecule has 21 heavy (non-hydrogen) atoms. The number of aromatic nitrogens is 2. The lowest BCUT2D eigenvalue weighted by Gasteiger charge is -2.27. The van der Waals surface area contributed by atoms with Crippen molar-refractivity contribution in [2.24, 2.45) is 0 Å². The first-order valence-corrected chi connectivity index (χ1v) is 7.96. The van der Waals surface area contributed by atoms with Gasteiger partial charge >= 0.3 is 0 Å². The zero-order valence-electron chi connectivity index (χ0n) is 10.8. The Labute approximate surface area is 126 Å². The summed E-state index contributed by atoms with van der Waals surface area (Å²) in [4.78, 5) is 7.77. The molecule has 3 rings (SSSR count). The molecule has 1 aromatic heterocycles. The molecule has 0 atom stereocenters. The van der Waals surface area contributed by atoms with Crippen LogP contribution in [-0.4, -0.2) is 29.2 Å². The van der Waals surface area contributed by atoms with Gasteiger partial charge < -0.3 is 0 Å².